The van der Waals surface area contributed by atoms with Crippen LogP contribution in [-0.2, 0) is 16.4 Å². The molecule has 0 bridgehead atoms. The second-order valence-electron chi connectivity index (χ2n) is 21.0. The van der Waals surface area contributed by atoms with Gasteiger partial charge in [-0.1, -0.05) is 0 Å². The molecule has 2 atom stereocenters. The molecule has 349 valence electrons. The molecule has 0 N–H and O–H groups in total. The number of hydrogen-bond acceptors (Lipinski definition) is 0. The Hall–Kier alpha value is -6.12. The Labute approximate surface area is 434 Å². The van der Waals surface area contributed by atoms with Crippen LogP contribution in [0.2, 0.25) is 0 Å². The Morgan fingerprint density at radius 2 is 0.722 bits per heavy atom. The van der Waals surface area contributed by atoms with Crippen molar-refractivity contribution in [1.82, 2.24) is 0 Å². The minimum atomic E-state index is -5.86. The monoisotopic (exact) mass is 1060 g/mol. The number of halogens is 2. The zero-order chi connectivity index (χ0) is 48.9. The summed E-state index contributed by atoms with van der Waals surface area (Å²) in [5.41, 5.74) is 20.2. The maximum atomic E-state index is 9.59. The van der Waals surface area contributed by atoms with Crippen LogP contribution in [-0.4, -0.2) is 9.52 Å². The fourth-order valence-corrected chi connectivity index (χ4v) is 41.6. The molecule has 0 fully saturated rings. The molecule has 0 nitrogen and oxygen atoms in total. The van der Waals surface area contributed by atoms with Crippen molar-refractivity contribution in [3.8, 4) is 55.6 Å². The number of benzene rings is 10. The Balaban J connectivity index is 1.08. The number of allylic oxidation sites excluding steroid dienone is 2. The zero-order valence-electron chi connectivity index (χ0n) is 41.1. The first kappa shape index (κ1) is 45.7. The summed E-state index contributed by atoms with van der Waals surface area (Å²) in [5, 5.41) is 7.90. The Morgan fingerprint density at radius 1 is 0.361 bits per heavy atom. The van der Waals surface area contributed by atoms with Crippen LogP contribution in [0.4, 0.5) is 0 Å². The van der Waals surface area contributed by atoms with E-state index in [0.717, 1.165) is 0 Å². The molecule has 0 amide bonds. The van der Waals surface area contributed by atoms with Crippen molar-refractivity contribution in [2.24, 2.45) is 11.8 Å². The van der Waals surface area contributed by atoms with Crippen molar-refractivity contribution in [1.29, 1.82) is 0 Å². The van der Waals surface area contributed by atoms with Gasteiger partial charge in [0.1, 0.15) is 0 Å². The Bertz CT molecular complexity index is 3720. The van der Waals surface area contributed by atoms with Crippen molar-refractivity contribution < 1.29 is 16.4 Å². The van der Waals surface area contributed by atoms with Crippen LogP contribution >= 0.6 is 17.0 Å². The standard InChI is InChI=1S/2C28H23.C12H9Si.2ClH.Zr/c2*1-19(2)22-17-21-11-8-16-27(28(21)18-22)26-14-6-5-13-25(26)24-15-7-10-20-9-3-4-12-23(20)24;1-3-7-11-9(5-1)10-6-2-4-8-12(10)13-11;;;/h2*3-19H,1-2H3;1-7H,13H2;2*1H;/q;;;;;+2/p-2. The fourth-order valence-electron chi connectivity index (χ4n) is 13.4. The van der Waals surface area contributed by atoms with E-state index in [2.05, 4.69) is 252 Å². The third kappa shape index (κ3) is 6.93. The first-order valence-electron chi connectivity index (χ1n) is 25.7. The van der Waals surface area contributed by atoms with E-state index in [0.29, 0.717) is 0 Å². The van der Waals surface area contributed by atoms with Crippen LogP contribution in [0.1, 0.15) is 57.2 Å². The average molecular weight is 1060 g/mol. The predicted octanol–water partition coefficient (Wildman–Crippen LogP) is 17.0. The molecule has 0 spiro atoms. The predicted molar refractivity (Wildman–Crippen MR) is 312 cm³/mol. The zero-order valence-corrected chi connectivity index (χ0v) is 46.5. The van der Waals surface area contributed by atoms with Gasteiger partial charge in [0.05, 0.1) is 0 Å². The molecule has 0 saturated heterocycles. The summed E-state index contributed by atoms with van der Waals surface area (Å²) in [5.74, 6) is 0.373. The van der Waals surface area contributed by atoms with Gasteiger partial charge >= 0.3 is 438 Å². The van der Waals surface area contributed by atoms with Crippen LogP contribution < -0.4 is 13.6 Å². The van der Waals surface area contributed by atoms with Crippen molar-refractivity contribution in [2.45, 2.75) is 34.9 Å². The molecule has 10 aromatic carbocycles. The molecule has 1 heterocycles. The number of fused-ring (bicyclic) bond motifs is 7. The van der Waals surface area contributed by atoms with Gasteiger partial charge in [0.25, 0.3) is 0 Å². The molecule has 3 aliphatic rings. The molecule has 0 radical (unpaired) electrons. The van der Waals surface area contributed by atoms with E-state index >= 15 is 0 Å². The van der Waals surface area contributed by atoms with E-state index in [-0.39, 0.29) is 19.1 Å². The van der Waals surface area contributed by atoms with Crippen LogP contribution in [0.25, 0.3) is 89.3 Å². The average Bonchev–Trinajstić information content (AvgIpc) is 4.14. The summed E-state index contributed by atoms with van der Waals surface area (Å²) in [6, 6.07) is 78.9. The van der Waals surface area contributed by atoms with Crippen molar-refractivity contribution in [2.75, 3.05) is 0 Å². The van der Waals surface area contributed by atoms with E-state index in [9.17, 15) is 17.0 Å². The van der Waals surface area contributed by atoms with Gasteiger partial charge in [-0.2, -0.15) is 0 Å². The summed E-state index contributed by atoms with van der Waals surface area (Å²) < 4.78 is 0.879. The Kier molecular flexibility index (Phi) is 11.1. The summed E-state index contributed by atoms with van der Waals surface area (Å²) in [7, 11) is 18.2. The molecule has 0 aromatic heterocycles. The van der Waals surface area contributed by atoms with Gasteiger partial charge < -0.3 is 0 Å². The molecule has 10 aromatic rings. The van der Waals surface area contributed by atoms with E-state index < -0.39 is 25.9 Å². The van der Waals surface area contributed by atoms with Crippen LogP contribution in [0.15, 0.2) is 223 Å². The van der Waals surface area contributed by atoms with Gasteiger partial charge in [-0.15, -0.1) is 0 Å². The van der Waals surface area contributed by atoms with E-state index in [1.54, 1.807) is 0 Å². The van der Waals surface area contributed by atoms with Gasteiger partial charge in [-0.25, -0.2) is 0 Å². The van der Waals surface area contributed by atoms with Crippen molar-refractivity contribution in [3.05, 3.63) is 246 Å². The summed E-state index contributed by atoms with van der Waals surface area (Å²) >= 11 is -5.86. The second-order valence-corrected chi connectivity index (χ2v) is 43.5. The summed E-state index contributed by atoms with van der Waals surface area (Å²) in [6.45, 7) is 9.45. The van der Waals surface area contributed by atoms with Crippen LogP contribution in [0.3, 0.4) is 0 Å². The van der Waals surface area contributed by atoms with Crippen LogP contribution in [0, 0.1) is 11.8 Å². The molecule has 2 unspecified atom stereocenters. The Morgan fingerprint density at radius 3 is 1.22 bits per heavy atom. The topological polar surface area (TPSA) is 0 Å². The molecule has 1 aliphatic heterocycles. The number of rotatable bonds is 9. The second kappa shape index (κ2) is 17.5. The van der Waals surface area contributed by atoms with E-state index in [1.165, 1.54) is 124 Å². The normalized spacial score (nSPS) is 16.6. The van der Waals surface area contributed by atoms with Gasteiger partial charge in [0.15, 0.2) is 0 Å². The van der Waals surface area contributed by atoms with E-state index in [4.69, 9.17) is 0 Å². The third-order valence-corrected chi connectivity index (χ3v) is 39.1. The first-order chi connectivity index (χ1) is 35.1. The number of hydrogen-bond donors (Lipinski definition) is 0. The molecule has 2 aliphatic carbocycles. The van der Waals surface area contributed by atoms with Crippen molar-refractivity contribution in [3.63, 3.8) is 0 Å². The van der Waals surface area contributed by atoms with Gasteiger partial charge in [0, 0.05) is 0 Å². The maximum absolute atomic E-state index is 9.59. The van der Waals surface area contributed by atoms with E-state index in [1.807, 2.05) is 0 Å². The quantitative estimate of drug-likeness (QED) is 0.126. The summed E-state index contributed by atoms with van der Waals surface area (Å²) in [4.78, 5) is 0. The fraction of sp³-hybridized carbons (Fsp3) is 0.118. The molecule has 72 heavy (non-hydrogen) atoms. The first-order valence-corrected chi connectivity index (χ1v) is 37.5. The molecule has 0 saturated carbocycles. The van der Waals surface area contributed by atoms with Crippen LogP contribution in [0.5, 0.6) is 0 Å². The molecule has 4 heteroatoms. The minimum absolute atomic E-state index is 0.186. The van der Waals surface area contributed by atoms with Gasteiger partial charge in [-0.3, -0.25) is 0 Å². The van der Waals surface area contributed by atoms with Gasteiger partial charge in [-0.05, 0) is 0 Å². The molecular weight excluding hydrogens is 1010 g/mol. The summed E-state index contributed by atoms with van der Waals surface area (Å²) in [6.07, 6.45) is 5.05. The molecule has 13 rings (SSSR count). The van der Waals surface area contributed by atoms with Crippen molar-refractivity contribution >= 4 is 73.9 Å². The molecular formula is C68H55Cl2SiZr. The third-order valence-electron chi connectivity index (χ3n) is 16.5. The van der Waals surface area contributed by atoms with Gasteiger partial charge in [0.2, 0.25) is 0 Å². The SMILES string of the molecule is CC(C)C1=Cc2c(-c3ccccc3-c3cccc4ccccc34)cccc2[CH]1[Zr]([Cl])([Cl])([c]1cccc2c1[SiH2]c1ccccc1-2)[CH]1C(C(C)C)=Cc2c(-c3ccccc3-c3cccc4ccccc34)cccc21.